The molecule has 3 nitrogen and oxygen atoms in total. The van der Waals surface area contributed by atoms with Gasteiger partial charge in [0.25, 0.3) is 0 Å². The number of halogens is 2. The van der Waals surface area contributed by atoms with Crippen molar-refractivity contribution in [3.05, 3.63) is 81.4 Å². The van der Waals surface area contributed by atoms with Crippen LogP contribution in [0, 0.1) is 0 Å². The molecule has 2 aromatic carbocycles. The van der Waals surface area contributed by atoms with Gasteiger partial charge in [0.15, 0.2) is 5.17 Å². The average molecular weight is 415 g/mol. The summed E-state index contributed by atoms with van der Waals surface area (Å²) >= 11 is 13.5. The highest BCUT2D eigenvalue weighted by Gasteiger charge is 2.21. The molecule has 0 aliphatic carbocycles. The summed E-state index contributed by atoms with van der Waals surface area (Å²) in [6.45, 7) is 0.800. The second kappa shape index (κ2) is 7.85. The van der Waals surface area contributed by atoms with Crippen LogP contribution >= 0.6 is 35.0 Å². The maximum absolute atomic E-state index is 5.97. The molecule has 1 aliphatic heterocycles. The molecule has 1 saturated heterocycles. The minimum absolute atomic E-state index is 0.710. The van der Waals surface area contributed by atoms with Gasteiger partial charge in [-0.3, -0.25) is 0 Å². The molecule has 0 bridgehead atoms. The van der Waals surface area contributed by atoms with Gasteiger partial charge in [-0.25, -0.2) is 4.99 Å². The molecule has 6 heteroatoms. The fourth-order valence-corrected chi connectivity index (χ4v) is 3.99. The van der Waals surface area contributed by atoms with Gasteiger partial charge in [0.2, 0.25) is 0 Å². The van der Waals surface area contributed by atoms with Gasteiger partial charge in [0.1, 0.15) is 11.5 Å². The Morgan fingerprint density at radius 1 is 0.963 bits per heavy atom. The molecule has 3 aromatic rings. The molecule has 0 amide bonds. The van der Waals surface area contributed by atoms with Crippen LogP contribution in [0.5, 0.6) is 0 Å². The van der Waals surface area contributed by atoms with E-state index in [9.17, 15) is 0 Å². The quantitative estimate of drug-likeness (QED) is 0.463. The van der Waals surface area contributed by atoms with Gasteiger partial charge in [0, 0.05) is 27.6 Å². The van der Waals surface area contributed by atoms with Crippen molar-refractivity contribution in [2.24, 2.45) is 4.99 Å². The van der Waals surface area contributed by atoms with Gasteiger partial charge < -0.3 is 9.32 Å². The van der Waals surface area contributed by atoms with Crippen LogP contribution in [0.25, 0.3) is 17.4 Å². The zero-order valence-corrected chi connectivity index (χ0v) is 16.9. The van der Waals surface area contributed by atoms with Gasteiger partial charge in [0.05, 0.1) is 12.2 Å². The van der Waals surface area contributed by atoms with E-state index in [1.165, 1.54) is 4.91 Å². The van der Waals surface area contributed by atoms with Crippen LogP contribution < -0.4 is 0 Å². The second-order valence-corrected chi connectivity index (χ2v) is 8.11. The Labute approximate surface area is 172 Å². The molecular weight excluding hydrogens is 399 g/mol. The van der Waals surface area contributed by atoms with Crippen molar-refractivity contribution >= 4 is 51.9 Å². The van der Waals surface area contributed by atoms with Crippen LogP contribution in [0.4, 0.5) is 5.69 Å². The molecule has 0 spiro atoms. The van der Waals surface area contributed by atoms with E-state index in [2.05, 4.69) is 11.0 Å². The molecule has 1 aromatic heterocycles. The van der Waals surface area contributed by atoms with E-state index in [1.807, 2.05) is 67.7 Å². The summed E-state index contributed by atoms with van der Waals surface area (Å²) in [7, 11) is 2.03. The zero-order valence-electron chi connectivity index (χ0n) is 14.5. The van der Waals surface area contributed by atoms with Crippen LogP contribution in [-0.4, -0.2) is 23.7 Å². The number of aliphatic imine (C=N–C) groups is 1. The normalized spacial score (nSPS) is 17.2. The van der Waals surface area contributed by atoms with Crippen molar-refractivity contribution in [1.82, 2.24) is 4.90 Å². The van der Waals surface area contributed by atoms with Crippen LogP contribution in [0.3, 0.4) is 0 Å². The minimum Gasteiger partial charge on any atom is -0.457 e. The molecule has 0 unspecified atom stereocenters. The largest absolute Gasteiger partial charge is 0.457 e. The Balaban J connectivity index is 1.52. The molecule has 4 rings (SSSR count). The summed E-state index contributed by atoms with van der Waals surface area (Å²) in [5.41, 5.74) is 1.89. The number of rotatable bonds is 3. The number of nitrogens with zero attached hydrogens (tertiary/aromatic N) is 2. The van der Waals surface area contributed by atoms with Crippen LogP contribution in [0.15, 0.2) is 75.0 Å². The third kappa shape index (κ3) is 4.41. The summed E-state index contributed by atoms with van der Waals surface area (Å²) in [6.07, 6.45) is 2.06. The van der Waals surface area contributed by atoms with Crippen LogP contribution in [-0.2, 0) is 0 Å². The lowest BCUT2D eigenvalue weighted by Crippen LogP contribution is -2.17. The van der Waals surface area contributed by atoms with Crippen molar-refractivity contribution in [3.63, 3.8) is 0 Å². The minimum atomic E-state index is 0.710. The van der Waals surface area contributed by atoms with E-state index in [1.54, 1.807) is 11.8 Å². The van der Waals surface area contributed by atoms with Crippen molar-refractivity contribution in [1.29, 1.82) is 0 Å². The van der Waals surface area contributed by atoms with E-state index >= 15 is 0 Å². The van der Waals surface area contributed by atoms with Crippen molar-refractivity contribution in [3.8, 4) is 11.3 Å². The SMILES string of the molecule is CN1CC(=Cc2ccc(-c3ccc(Cl)cc3)o2)SC1=Nc1ccc(Cl)cc1. The van der Waals surface area contributed by atoms with Crippen LogP contribution in [0.1, 0.15) is 5.76 Å². The fourth-order valence-electron chi connectivity index (χ4n) is 2.70. The first-order chi connectivity index (χ1) is 13.1. The molecule has 1 aliphatic rings. The van der Waals surface area contributed by atoms with Gasteiger partial charge >= 0.3 is 0 Å². The lowest BCUT2D eigenvalue weighted by atomic mass is 10.2. The highest BCUT2D eigenvalue weighted by Crippen LogP contribution is 2.33. The Kier molecular flexibility index (Phi) is 5.30. The predicted molar refractivity (Wildman–Crippen MR) is 116 cm³/mol. The topological polar surface area (TPSA) is 28.7 Å². The maximum Gasteiger partial charge on any atom is 0.169 e. The third-order valence-corrected chi connectivity index (χ3v) is 5.65. The molecule has 0 radical (unpaired) electrons. The number of benzene rings is 2. The molecule has 2 heterocycles. The van der Waals surface area contributed by atoms with Crippen molar-refractivity contribution < 1.29 is 4.42 Å². The Morgan fingerprint density at radius 3 is 2.33 bits per heavy atom. The lowest BCUT2D eigenvalue weighted by Gasteiger charge is -2.08. The first-order valence-corrected chi connectivity index (χ1v) is 9.94. The predicted octanol–water partition coefficient (Wildman–Crippen LogP) is 6.96. The van der Waals surface area contributed by atoms with E-state index in [-0.39, 0.29) is 0 Å². The molecule has 0 saturated carbocycles. The van der Waals surface area contributed by atoms with Crippen molar-refractivity contribution in [2.45, 2.75) is 0 Å². The summed E-state index contributed by atoms with van der Waals surface area (Å²) < 4.78 is 5.97. The standard InChI is InChI=1S/C21H16Cl2N2OS/c1-25-13-19(27-21(25)24-17-8-6-16(23)7-9-17)12-18-10-11-20(26-18)14-2-4-15(22)5-3-14/h2-12H,13H2,1H3. The molecular formula is C21H16Cl2N2OS. The number of amidine groups is 1. The monoisotopic (exact) mass is 414 g/mol. The van der Waals surface area contributed by atoms with Crippen molar-refractivity contribution in [2.75, 3.05) is 13.6 Å². The number of hydrogen-bond donors (Lipinski definition) is 0. The van der Waals surface area contributed by atoms with Gasteiger partial charge in [-0.2, -0.15) is 0 Å². The second-order valence-electron chi connectivity index (χ2n) is 6.15. The first-order valence-electron chi connectivity index (χ1n) is 8.36. The molecule has 0 atom stereocenters. The average Bonchev–Trinajstić information content (AvgIpc) is 3.25. The van der Waals surface area contributed by atoms with Gasteiger partial charge in [-0.05, 0) is 66.7 Å². The third-order valence-electron chi connectivity index (χ3n) is 4.05. The summed E-state index contributed by atoms with van der Waals surface area (Å²) in [4.78, 5) is 8.00. The first kappa shape index (κ1) is 18.2. The summed E-state index contributed by atoms with van der Waals surface area (Å²) in [5, 5.41) is 2.37. The molecule has 136 valence electrons. The fraction of sp³-hybridized carbons (Fsp3) is 0.0952. The Bertz CT molecular complexity index is 1010. The van der Waals surface area contributed by atoms with E-state index in [0.717, 1.165) is 34.5 Å². The summed E-state index contributed by atoms with van der Waals surface area (Å²) in [6, 6.07) is 19.1. The molecule has 1 fully saturated rings. The molecule has 27 heavy (non-hydrogen) atoms. The highest BCUT2D eigenvalue weighted by molar-refractivity contribution is 8.17. The highest BCUT2D eigenvalue weighted by atomic mass is 35.5. The van der Waals surface area contributed by atoms with E-state index in [4.69, 9.17) is 32.6 Å². The number of furan rings is 1. The van der Waals surface area contributed by atoms with Crippen LogP contribution in [0.2, 0.25) is 10.0 Å². The Morgan fingerprint density at radius 2 is 1.63 bits per heavy atom. The smallest absolute Gasteiger partial charge is 0.169 e. The van der Waals surface area contributed by atoms with E-state index < -0.39 is 0 Å². The summed E-state index contributed by atoms with van der Waals surface area (Å²) in [5.74, 6) is 1.65. The number of hydrogen-bond acceptors (Lipinski definition) is 3. The van der Waals surface area contributed by atoms with Gasteiger partial charge in [-0.1, -0.05) is 35.0 Å². The number of thioether (sulfide) groups is 1. The Hall–Kier alpha value is -2.14. The van der Waals surface area contributed by atoms with E-state index in [0.29, 0.717) is 10.0 Å². The maximum atomic E-state index is 5.97. The molecule has 0 N–H and O–H groups in total. The van der Waals surface area contributed by atoms with Gasteiger partial charge in [-0.15, -0.1) is 0 Å². The number of likely N-dealkylation sites (N-methyl/N-ethyl adjacent to an activating group) is 1. The lowest BCUT2D eigenvalue weighted by molar-refractivity contribution is 0.567. The zero-order chi connectivity index (χ0) is 18.8.